The molecule has 0 aliphatic carbocycles. The molecule has 32 heavy (non-hydrogen) atoms. The third kappa shape index (κ3) is 4.77. The number of anilines is 2. The van der Waals surface area contributed by atoms with E-state index in [1.165, 1.54) is 12.1 Å². The van der Waals surface area contributed by atoms with Crippen molar-refractivity contribution < 1.29 is 8.42 Å². The van der Waals surface area contributed by atoms with Crippen LogP contribution in [0.25, 0.3) is 10.6 Å². The molecule has 0 fully saturated rings. The highest BCUT2D eigenvalue weighted by molar-refractivity contribution is 7.89. The van der Waals surface area contributed by atoms with E-state index in [-0.39, 0.29) is 16.3 Å². The fourth-order valence-corrected chi connectivity index (χ4v) is 4.98. The second-order valence-electron chi connectivity index (χ2n) is 7.07. The van der Waals surface area contributed by atoms with Crippen molar-refractivity contribution in [3.05, 3.63) is 87.8 Å². The van der Waals surface area contributed by atoms with Crippen molar-refractivity contribution >= 4 is 33.0 Å². The van der Waals surface area contributed by atoms with Gasteiger partial charge in [0, 0.05) is 31.2 Å². The third-order valence-electron chi connectivity index (χ3n) is 4.91. The minimum Gasteiger partial charge on any atom is -0.324 e. The van der Waals surface area contributed by atoms with Crippen LogP contribution in [0.1, 0.15) is 11.3 Å². The van der Waals surface area contributed by atoms with Gasteiger partial charge in [-0.05, 0) is 42.8 Å². The number of nitrogens with one attached hydrogen (secondary N) is 2. The Bertz CT molecular complexity index is 1400. The molecule has 4 rings (SSSR count). The largest absolute Gasteiger partial charge is 0.324 e. The van der Waals surface area contributed by atoms with Gasteiger partial charge in [0.2, 0.25) is 16.0 Å². The third-order valence-corrected chi connectivity index (χ3v) is 7.49. The summed E-state index contributed by atoms with van der Waals surface area (Å²) < 4.78 is 29.3. The first-order valence-corrected chi connectivity index (χ1v) is 12.0. The Hall–Kier alpha value is -3.34. The van der Waals surface area contributed by atoms with Crippen molar-refractivity contribution in [1.82, 2.24) is 19.3 Å². The molecule has 0 amide bonds. The van der Waals surface area contributed by atoms with Gasteiger partial charge in [0.1, 0.15) is 0 Å². The lowest BCUT2D eigenvalue weighted by Gasteiger charge is -2.09. The summed E-state index contributed by atoms with van der Waals surface area (Å²) in [6.45, 7) is 2.09. The molecular formula is C22H21N5O3S2. The molecule has 0 aliphatic rings. The van der Waals surface area contributed by atoms with Crippen LogP contribution in [-0.2, 0) is 23.6 Å². The lowest BCUT2D eigenvalue weighted by atomic mass is 10.2. The summed E-state index contributed by atoms with van der Waals surface area (Å²) in [6.07, 6.45) is 1.61. The number of aromatic nitrogens is 3. The van der Waals surface area contributed by atoms with Crippen LogP contribution in [0.5, 0.6) is 0 Å². The van der Waals surface area contributed by atoms with E-state index >= 15 is 0 Å². The number of hydrogen-bond acceptors (Lipinski definition) is 7. The highest BCUT2D eigenvalue weighted by Crippen LogP contribution is 2.25. The maximum atomic E-state index is 12.6. The second kappa shape index (κ2) is 9.03. The Labute approximate surface area is 189 Å². The fourth-order valence-electron chi connectivity index (χ4n) is 3.01. The fraction of sp³-hybridized carbons (Fsp3) is 0.136. The Morgan fingerprint density at radius 2 is 1.75 bits per heavy atom. The first kappa shape index (κ1) is 21.9. The standard InChI is InChI=1S/C22H21N5O3S2/c1-15-20(31-22(28)27(15)2)19-12-13-23-21(26-19)25-17-8-10-18(11-9-17)32(29,30)24-14-16-6-4-3-5-7-16/h3-13,24H,14H2,1-2H3,(H,23,25,26). The lowest BCUT2D eigenvalue weighted by molar-refractivity contribution is 0.581. The van der Waals surface area contributed by atoms with E-state index in [4.69, 9.17) is 0 Å². The van der Waals surface area contributed by atoms with E-state index in [0.717, 1.165) is 27.5 Å². The summed E-state index contributed by atoms with van der Waals surface area (Å²) in [5.41, 5.74) is 3.00. The van der Waals surface area contributed by atoms with Gasteiger partial charge in [0.15, 0.2) is 0 Å². The minimum absolute atomic E-state index is 0.0525. The SMILES string of the molecule is Cc1c(-c2ccnc(Nc3ccc(S(=O)(=O)NCc4ccccc4)cc3)n2)sc(=O)n1C. The number of benzene rings is 2. The molecule has 4 aromatic rings. The molecule has 10 heteroatoms. The molecule has 8 nitrogen and oxygen atoms in total. The van der Waals surface area contributed by atoms with Gasteiger partial charge in [-0.3, -0.25) is 4.79 Å². The van der Waals surface area contributed by atoms with Crippen molar-refractivity contribution in [3.8, 4) is 10.6 Å². The molecule has 2 heterocycles. The lowest BCUT2D eigenvalue weighted by Crippen LogP contribution is -2.23. The molecule has 0 saturated heterocycles. The van der Waals surface area contributed by atoms with Crippen LogP contribution in [-0.4, -0.2) is 23.0 Å². The smallest absolute Gasteiger partial charge is 0.307 e. The van der Waals surface area contributed by atoms with Gasteiger partial charge < -0.3 is 9.88 Å². The van der Waals surface area contributed by atoms with E-state index in [1.54, 1.807) is 36.0 Å². The van der Waals surface area contributed by atoms with Crippen LogP contribution >= 0.6 is 11.3 Å². The van der Waals surface area contributed by atoms with Crippen LogP contribution in [0.4, 0.5) is 11.6 Å². The maximum absolute atomic E-state index is 12.6. The molecule has 0 radical (unpaired) electrons. The van der Waals surface area contributed by atoms with E-state index in [2.05, 4.69) is 20.0 Å². The van der Waals surface area contributed by atoms with E-state index < -0.39 is 10.0 Å². The summed E-state index contributed by atoms with van der Waals surface area (Å²) in [5.74, 6) is 0.350. The van der Waals surface area contributed by atoms with Gasteiger partial charge in [0.25, 0.3) is 0 Å². The highest BCUT2D eigenvalue weighted by Gasteiger charge is 2.15. The molecule has 2 aromatic heterocycles. The van der Waals surface area contributed by atoms with Crippen molar-refractivity contribution in [3.63, 3.8) is 0 Å². The second-order valence-corrected chi connectivity index (χ2v) is 9.80. The molecule has 0 atom stereocenters. The maximum Gasteiger partial charge on any atom is 0.307 e. The Kier molecular flexibility index (Phi) is 6.17. The molecule has 0 spiro atoms. The highest BCUT2D eigenvalue weighted by atomic mass is 32.2. The van der Waals surface area contributed by atoms with Crippen LogP contribution in [0.15, 0.2) is 76.6 Å². The molecule has 2 aromatic carbocycles. The number of nitrogens with zero attached hydrogens (tertiary/aromatic N) is 3. The van der Waals surface area contributed by atoms with Gasteiger partial charge in [-0.2, -0.15) is 0 Å². The zero-order chi connectivity index (χ0) is 22.7. The molecule has 0 saturated carbocycles. The monoisotopic (exact) mass is 467 g/mol. The Morgan fingerprint density at radius 1 is 1.03 bits per heavy atom. The van der Waals surface area contributed by atoms with Crippen LogP contribution < -0.4 is 14.9 Å². The quantitative estimate of drug-likeness (QED) is 0.431. The molecular weight excluding hydrogens is 446 g/mol. The van der Waals surface area contributed by atoms with Gasteiger partial charge in [0.05, 0.1) is 15.5 Å². The molecule has 2 N–H and O–H groups in total. The van der Waals surface area contributed by atoms with Crippen molar-refractivity contribution in [1.29, 1.82) is 0 Å². The van der Waals surface area contributed by atoms with Gasteiger partial charge in [-0.15, -0.1) is 0 Å². The zero-order valence-corrected chi connectivity index (χ0v) is 19.1. The zero-order valence-electron chi connectivity index (χ0n) is 17.4. The summed E-state index contributed by atoms with van der Waals surface area (Å²) in [6, 6.07) is 17.4. The Balaban J connectivity index is 1.48. The van der Waals surface area contributed by atoms with Crippen molar-refractivity contribution in [2.45, 2.75) is 18.4 Å². The normalized spacial score (nSPS) is 11.4. The number of thiazole rings is 1. The minimum atomic E-state index is -3.64. The van der Waals surface area contributed by atoms with Crippen molar-refractivity contribution in [2.24, 2.45) is 7.05 Å². The molecule has 164 valence electrons. The number of rotatable bonds is 7. The van der Waals surface area contributed by atoms with Gasteiger partial charge >= 0.3 is 4.87 Å². The average molecular weight is 468 g/mol. The van der Waals surface area contributed by atoms with E-state index in [0.29, 0.717) is 17.3 Å². The summed E-state index contributed by atoms with van der Waals surface area (Å²) in [4.78, 5) is 21.5. The summed E-state index contributed by atoms with van der Waals surface area (Å²) in [7, 11) is -1.91. The molecule has 0 bridgehead atoms. The van der Waals surface area contributed by atoms with Crippen LogP contribution in [0, 0.1) is 6.92 Å². The number of hydrogen-bond donors (Lipinski definition) is 2. The predicted octanol–water partition coefficient (Wildman–Crippen LogP) is 3.43. The van der Waals surface area contributed by atoms with E-state index in [1.807, 2.05) is 37.3 Å². The summed E-state index contributed by atoms with van der Waals surface area (Å²) in [5, 5.41) is 3.07. The van der Waals surface area contributed by atoms with Gasteiger partial charge in [-0.25, -0.2) is 23.1 Å². The Morgan fingerprint density at radius 3 is 2.41 bits per heavy atom. The molecule has 0 unspecified atom stereocenters. The summed E-state index contributed by atoms with van der Waals surface area (Å²) >= 11 is 1.13. The van der Waals surface area contributed by atoms with Gasteiger partial charge in [-0.1, -0.05) is 41.7 Å². The molecule has 0 aliphatic heterocycles. The van der Waals surface area contributed by atoms with Crippen LogP contribution in [0.3, 0.4) is 0 Å². The van der Waals surface area contributed by atoms with E-state index in [9.17, 15) is 13.2 Å². The number of sulfonamides is 1. The van der Waals surface area contributed by atoms with Crippen molar-refractivity contribution in [2.75, 3.05) is 5.32 Å². The first-order chi connectivity index (χ1) is 15.3. The van der Waals surface area contributed by atoms with Crippen LogP contribution in [0.2, 0.25) is 0 Å². The predicted molar refractivity (Wildman–Crippen MR) is 126 cm³/mol. The average Bonchev–Trinajstić information content (AvgIpc) is 3.06. The topological polar surface area (TPSA) is 106 Å². The first-order valence-electron chi connectivity index (χ1n) is 9.74.